The number of nitrogens with one attached hydrogen (secondary N) is 3. The highest BCUT2D eigenvalue weighted by Crippen LogP contribution is 2.16. The molecule has 1 fully saturated rings. The van der Waals surface area contributed by atoms with Crippen molar-refractivity contribution in [1.82, 2.24) is 16.0 Å². The Labute approximate surface area is 127 Å². The van der Waals surface area contributed by atoms with Crippen molar-refractivity contribution in [2.45, 2.75) is 57.5 Å². The first-order valence-corrected chi connectivity index (χ1v) is 7.93. The topological polar surface area (TPSA) is 79.5 Å². The fraction of sp³-hybridized carbons (Fsp3) is 0.867. The van der Waals surface area contributed by atoms with E-state index in [1.165, 1.54) is 25.7 Å². The predicted octanol–water partition coefficient (Wildman–Crippen LogP) is 0.566. The summed E-state index contributed by atoms with van der Waals surface area (Å²) in [7, 11) is 1.59. The molecular weight excluding hydrogens is 270 g/mol. The fourth-order valence-corrected chi connectivity index (χ4v) is 2.47. The molecule has 1 atom stereocenters. The Morgan fingerprint density at radius 3 is 2.48 bits per heavy atom. The van der Waals surface area contributed by atoms with Gasteiger partial charge in [0.2, 0.25) is 11.8 Å². The van der Waals surface area contributed by atoms with E-state index in [1.807, 2.05) is 0 Å². The average molecular weight is 299 g/mol. The molecule has 0 aromatic rings. The van der Waals surface area contributed by atoms with Crippen LogP contribution in [0, 0.1) is 0 Å². The second-order valence-corrected chi connectivity index (χ2v) is 5.64. The molecule has 21 heavy (non-hydrogen) atoms. The van der Waals surface area contributed by atoms with Crippen LogP contribution in [-0.2, 0) is 14.3 Å². The Morgan fingerprint density at radius 1 is 1.19 bits per heavy atom. The van der Waals surface area contributed by atoms with Crippen LogP contribution in [0.5, 0.6) is 0 Å². The maximum absolute atomic E-state index is 11.9. The van der Waals surface area contributed by atoms with E-state index in [0.29, 0.717) is 19.2 Å². The first-order valence-electron chi connectivity index (χ1n) is 7.93. The van der Waals surface area contributed by atoms with Crippen molar-refractivity contribution >= 4 is 11.8 Å². The Kier molecular flexibility index (Phi) is 9.01. The molecule has 1 rings (SSSR count). The van der Waals surface area contributed by atoms with E-state index in [0.717, 1.165) is 12.8 Å². The Bertz CT molecular complexity index is 315. The smallest absolute Gasteiger partial charge is 0.236 e. The van der Waals surface area contributed by atoms with Crippen molar-refractivity contribution < 1.29 is 14.3 Å². The quantitative estimate of drug-likeness (QED) is 0.452. The lowest BCUT2D eigenvalue weighted by atomic mass is 10.1. The third kappa shape index (κ3) is 8.02. The SMILES string of the molecule is COCCNC(=O)C(C)NCC(=O)NC1CCCCCC1. The summed E-state index contributed by atoms with van der Waals surface area (Å²) in [5.41, 5.74) is 0. The number of carbonyl (C=O) groups excluding carboxylic acids is 2. The Hall–Kier alpha value is -1.14. The molecular formula is C15H29N3O3. The predicted molar refractivity (Wildman–Crippen MR) is 82.0 cm³/mol. The number of amides is 2. The molecule has 0 saturated heterocycles. The van der Waals surface area contributed by atoms with Gasteiger partial charge in [-0.15, -0.1) is 0 Å². The van der Waals surface area contributed by atoms with Crippen LogP contribution < -0.4 is 16.0 Å². The summed E-state index contributed by atoms with van der Waals surface area (Å²) in [5, 5.41) is 8.74. The van der Waals surface area contributed by atoms with Crippen molar-refractivity contribution in [3.8, 4) is 0 Å². The fourth-order valence-electron chi connectivity index (χ4n) is 2.47. The maximum Gasteiger partial charge on any atom is 0.236 e. The molecule has 1 unspecified atom stereocenters. The molecule has 0 bridgehead atoms. The van der Waals surface area contributed by atoms with E-state index >= 15 is 0 Å². The third-order valence-corrected chi connectivity index (χ3v) is 3.79. The number of hydrogen-bond acceptors (Lipinski definition) is 4. The van der Waals surface area contributed by atoms with Crippen molar-refractivity contribution in [2.75, 3.05) is 26.8 Å². The zero-order valence-electron chi connectivity index (χ0n) is 13.2. The molecule has 122 valence electrons. The van der Waals surface area contributed by atoms with E-state index in [-0.39, 0.29) is 24.4 Å². The molecule has 0 heterocycles. The van der Waals surface area contributed by atoms with E-state index in [4.69, 9.17) is 4.74 Å². The van der Waals surface area contributed by atoms with Gasteiger partial charge in [-0.1, -0.05) is 25.7 Å². The Morgan fingerprint density at radius 2 is 1.86 bits per heavy atom. The van der Waals surface area contributed by atoms with Gasteiger partial charge in [-0.05, 0) is 19.8 Å². The van der Waals surface area contributed by atoms with Crippen molar-refractivity contribution in [3.05, 3.63) is 0 Å². The molecule has 0 aromatic carbocycles. The third-order valence-electron chi connectivity index (χ3n) is 3.79. The summed E-state index contributed by atoms with van der Waals surface area (Å²) in [4.78, 5) is 23.6. The highest BCUT2D eigenvalue weighted by atomic mass is 16.5. The zero-order valence-corrected chi connectivity index (χ0v) is 13.2. The van der Waals surface area contributed by atoms with E-state index in [9.17, 15) is 9.59 Å². The molecule has 0 spiro atoms. The number of ether oxygens (including phenoxy) is 1. The van der Waals surface area contributed by atoms with E-state index < -0.39 is 0 Å². The standard InChI is InChI=1S/C15H29N3O3/c1-12(15(20)16-9-10-21-2)17-11-14(19)18-13-7-5-3-4-6-8-13/h12-13,17H,3-11H2,1-2H3,(H,16,20)(H,18,19). The van der Waals surface area contributed by atoms with Crippen molar-refractivity contribution in [2.24, 2.45) is 0 Å². The van der Waals surface area contributed by atoms with Crippen LogP contribution in [0.15, 0.2) is 0 Å². The summed E-state index contributed by atoms with van der Waals surface area (Å²) in [6.45, 7) is 2.90. The highest BCUT2D eigenvalue weighted by molar-refractivity contribution is 5.83. The van der Waals surface area contributed by atoms with Crippen LogP contribution in [0.1, 0.15) is 45.4 Å². The molecule has 2 amide bonds. The number of methoxy groups -OCH3 is 1. The van der Waals surface area contributed by atoms with Crippen molar-refractivity contribution in [3.63, 3.8) is 0 Å². The van der Waals surface area contributed by atoms with Gasteiger partial charge in [0.25, 0.3) is 0 Å². The van der Waals surface area contributed by atoms with Gasteiger partial charge in [-0.25, -0.2) is 0 Å². The van der Waals surface area contributed by atoms with Crippen molar-refractivity contribution in [1.29, 1.82) is 0 Å². The largest absolute Gasteiger partial charge is 0.383 e. The highest BCUT2D eigenvalue weighted by Gasteiger charge is 2.16. The molecule has 1 saturated carbocycles. The minimum atomic E-state index is -0.387. The lowest BCUT2D eigenvalue weighted by molar-refractivity contribution is -0.123. The number of hydrogen-bond donors (Lipinski definition) is 3. The second-order valence-electron chi connectivity index (χ2n) is 5.64. The van der Waals surface area contributed by atoms with Gasteiger partial charge in [-0.2, -0.15) is 0 Å². The van der Waals surface area contributed by atoms with Crippen LogP contribution in [0.4, 0.5) is 0 Å². The van der Waals surface area contributed by atoms with E-state index in [1.54, 1.807) is 14.0 Å². The molecule has 3 N–H and O–H groups in total. The summed E-state index contributed by atoms with van der Waals surface area (Å²) < 4.78 is 4.87. The van der Waals surface area contributed by atoms with Gasteiger partial charge < -0.3 is 15.4 Å². The number of rotatable bonds is 8. The summed E-state index contributed by atoms with van der Waals surface area (Å²) >= 11 is 0. The van der Waals surface area contributed by atoms with Gasteiger partial charge in [0.1, 0.15) is 0 Å². The van der Waals surface area contributed by atoms with E-state index in [2.05, 4.69) is 16.0 Å². The normalized spacial score (nSPS) is 17.8. The van der Waals surface area contributed by atoms with Crippen LogP contribution in [0.2, 0.25) is 0 Å². The average Bonchev–Trinajstić information content (AvgIpc) is 2.73. The van der Waals surface area contributed by atoms with Gasteiger partial charge >= 0.3 is 0 Å². The van der Waals surface area contributed by atoms with Gasteiger partial charge in [0, 0.05) is 19.7 Å². The minimum absolute atomic E-state index is 0.0292. The number of carbonyl (C=O) groups is 2. The molecule has 1 aliphatic carbocycles. The van der Waals surface area contributed by atoms with Gasteiger partial charge in [-0.3, -0.25) is 14.9 Å². The lowest BCUT2D eigenvalue weighted by Gasteiger charge is -2.18. The molecule has 0 aliphatic heterocycles. The monoisotopic (exact) mass is 299 g/mol. The van der Waals surface area contributed by atoms with Gasteiger partial charge in [0.15, 0.2) is 0 Å². The first-order chi connectivity index (χ1) is 10.1. The second kappa shape index (κ2) is 10.6. The zero-order chi connectivity index (χ0) is 15.5. The van der Waals surface area contributed by atoms with Crippen LogP contribution in [0.25, 0.3) is 0 Å². The summed E-state index contributed by atoms with van der Waals surface area (Å²) in [6.07, 6.45) is 7.05. The molecule has 0 aromatic heterocycles. The van der Waals surface area contributed by atoms with Crippen LogP contribution in [-0.4, -0.2) is 50.7 Å². The van der Waals surface area contributed by atoms with Crippen LogP contribution in [0.3, 0.4) is 0 Å². The lowest BCUT2D eigenvalue weighted by Crippen LogP contribution is -2.48. The minimum Gasteiger partial charge on any atom is -0.383 e. The molecule has 6 heteroatoms. The van der Waals surface area contributed by atoms with Gasteiger partial charge in [0.05, 0.1) is 19.2 Å². The molecule has 0 radical (unpaired) electrons. The summed E-state index contributed by atoms with van der Waals surface area (Å²) in [5.74, 6) is -0.146. The maximum atomic E-state index is 11.9. The first kappa shape index (κ1) is 17.9. The molecule has 1 aliphatic rings. The summed E-state index contributed by atoms with van der Waals surface area (Å²) in [6, 6.07) is -0.0885. The molecule has 6 nitrogen and oxygen atoms in total. The van der Waals surface area contributed by atoms with Crippen LogP contribution >= 0.6 is 0 Å². The Balaban J connectivity index is 2.17.